The van der Waals surface area contributed by atoms with Gasteiger partial charge in [-0.2, -0.15) is 0 Å². The third-order valence-corrected chi connectivity index (χ3v) is 4.97. The first-order chi connectivity index (χ1) is 11.2. The largest absolute Gasteiger partial charge is 0.356 e. The van der Waals surface area contributed by atoms with Gasteiger partial charge in [0.15, 0.2) is 9.84 Å². The Kier molecular flexibility index (Phi) is 7.87. The molecule has 0 atom stereocenters. The van der Waals surface area contributed by atoms with E-state index in [0.717, 1.165) is 13.0 Å². The number of carbonyl (C=O) groups is 2. The molecule has 0 aromatic heterocycles. The number of rotatable bonds is 9. The fourth-order valence-corrected chi connectivity index (χ4v) is 3.25. The Hall–Kier alpha value is -1.93. The molecule has 0 radical (unpaired) electrons. The number of hydrogen-bond acceptors (Lipinski definition) is 5. The maximum atomic E-state index is 12.2. The first-order valence-electron chi connectivity index (χ1n) is 7.72. The Bertz CT molecular complexity index is 654. The van der Waals surface area contributed by atoms with Gasteiger partial charge in [-0.05, 0) is 51.3 Å². The summed E-state index contributed by atoms with van der Waals surface area (Å²) in [4.78, 5) is 24.8. The molecule has 2 N–H and O–H groups in total. The summed E-state index contributed by atoms with van der Waals surface area (Å²) in [6.07, 6.45) is 0.744. The van der Waals surface area contributed by atoms with Crippen LogP contribution in [0.2, 0.25) is 0 Å². The summed E-state index contributed by atoms with van der Waals surface area (Å²) < 4.78 is 24.4. The number of amides is 2. The van der Waals surface area contributed by atoms with Crippen molar-refractivity contribution in [1.29, 1.82) is 0 Å². The zero-order valence-electron chi connectivity index (χ0n) is 14.3. The minimum absolute atomic E-state index is 0.0717. The summed E-state index contributed by atoms with van der Waals surface area (Å²) in [5.74, 6) is -0.741. The number of sulfone groups is 1. The van der Waals surface area contributed by atoms with Crippen LogP contribution in [0.3, 0.4) is 0 Å². The molecule has 0 bridgehead atoms. The Balaban J connectivity index is 2.48. The van der Waals surface area contributed by atoms with E-state index in [1.165, 1.54) is 31.2 Å². The molecule has 24 heavy (non-hydrogen) atoms. The lowest BCUT2D eigenvalue weighted by Gasteiger charge is -2.10. The molecule has 1 rings (SSSR count). The summed E-state index contributed by atoms with van der Waals surface area (Å²) >= 11 is 0. The molecule has 134 valence electrons. The van der Waals surface area contributed by atoms with Crippen molar-refractivity contribution in [1.82, 2.24) is 10.2 Å². The predicted molar refractivity (Wildman–Crippen MR) is 93.6 cm³/mol. The molecule has 0 saturated carbocycles. The minimum Gasteiger partial charge on any atom is -0.356 e. The fraction of sp³-hybridized carbons (Fsp3) is 0.500. The normalized spacial score (nSPS) is 11.3. The quantitative estimate of drug-likeness (QED) is 0.641. The molecular formula is C16H25N3O4S. The number of anilines is 1. The lowest BCUT2D eigenvalue weighted by Crippen LogP contribution is -2.28. The Morgan fingerprint density at radius 2 is 1.75 bits per heavy atom. The second kappa shape index (κ2) is 9.39. The van der Waals surface area contributed by atoms with Crippen molar-refractivity contribution in [3.05, 3.63) is 24.3 Å². The average Bonchev–Trinajstić information content (AvgIpc) is 2.49. The van der Waals surface area contributed by atoms with Gasteiger partial charge < -0.3 is 15.5 Å². The maximum Gasteiger partial charge on any atom is 0.221 e. The van der Waals surface area contributed by atoms with Crippen LogP contribution < -0.4 is 10.6 Å². The van der Waals surface area contributed by atoms with Crippen LogP contribution in [-0.4, -0.2) is 58.1 Å². The first-order valence-corrected chi connectivity index (χ1v) is 9.38. The number of hydrogen-bond donors (Lipinski definition) is 2. The Labute approximate surface area is 143 Å². The van der Waals surface area contributed by atoms with Crippen LogP contribution in [0.4, 0.5) is 5.69 Å². The van der Waals surface area contributed by atoms with Gasteiger partial charge in [0.25, 0.3) is 0 Å². The summed E-state index contributed by atoms with van der Waals surface area (Å²) in [5.41, 5.74) is 0.528. The van der Waals surface area contributed by atoms with Gasteiger partial charge in [-0.1, -0.05) is 0 Å². The number of benzene rings is 1. The van der Waals surface area contributed by atoms with E-state index in [4.69, 9.17) is 0 Å². The van der Waals surface area contributed by atoms with E-state index < -0.39 is 9.84 Å². The number of carbonyl (C=O) groups excluding carboxylic acids is 2. The van der Waals surface area contributed by atoms with Gasteiger partial charge in [-0.15, -0.1) is 0 Å². The van der Waals surface area contributed by atoms with E-state index in [2.05, 4.69) is 10.6 Å². The van der Waals surface area contributed by atoms with Crippen LogP contribution in [0.15, 0.2) is 29.2 Å². The van der Waals surface area contributed by atoms with Gasteiger partial charge in [-0.25, -0.2) is 8.42 Å². The molecule has 0 spiro atoms. The highest BCUT2D eigenvalue weighted by Crippen LogP contribution is 2.16. The van der Waals surface area contributed by atoms with Gasteiger partial charge >= 0.3 is 0 Å². The summed E-state index contributed by atoms with van der Waals surface area (Å²) in [6, 6.07) is 5.90. The van der Waals surface area contributed by atoms with Crippen molar-refractivity contribution in [2.24, 2.45) is 0 Å². The molecule has 7 nitrogen and oxygen atoms in total. The zero-order valence-corrected chi connectivity index (χ0v) is 15.1. The van der Waals surface area contributed by atoms with E-state index in [0.29, 0.717) is 12.2 Å². The van der Waals surface area contributed by atoms with E-state index in [9.17, 15) is 18.0 Å². The highest BCUT2D eigenvalue weighted by atomic mass is 32.2. The molecule has 0 aliphatic rings. The molecule has 0 saturated heterocycles. The minimum atomic E-state index is -3.53. The van der Waals surface area contributed by atoms with Crippen molar-refractivity contribution in [2.45, 2.75) is 24.7 Å². The molecule has 8 heteroatoms. The lowest BCUT2D eigenvalue weighted by molar-refractivity contribution is -0.120. The highest BCUT2D eigenvalue weighted by molar-refractivity contribution is 7.91. The summed E-state index contributed by atoms with van der Waals surface area (Å²) in [7, 11) is 0.374. The summed E-state index contributed by atoms with van der Waals surface area (Å²) in [6.45, 7) is 2.77. The highest BCUT2D eigenvalue weighted by Gasteiger charge is 2.16. The fourth-order valence-electron chi connectivity index (χ4n) is 2.01. The van der Waals surface area contributed by atoms with E-state index >= 15 is 0 Å². The lowest BCUT2D eigenvalue weighted by atomic mass is 10.3. The summed E-state index contributed by atoms with van der Waals surface area (Å²) in [5, 5.41) is 5.28. The number of nitrogens with zero attached hydrogens (tertiary/aromatic N) is 1. The van der Waals surface area contributed by atoms with Crippen molar-refractivity contribution in [3.63, 3.8) is 0 Å². The van der Waals surface area contributed by atoms with Gasteiger partial charge in [0.05, 0.1) is 10.6 Å². The van der Waals surface area contributed by atoms with Crippen LogP contribution >= 0.6 is 0 Å². The van der Waals surface area contributed by atoms with Crippen LogP contribution in [0.5, 0.6) is 0 Å². The smallest absolute Gasteiger partial charge is 0.221 e. The molecule has 1 aromatic rings. The standard InChI is InChI=1S/C16H25N3O4S/c1-13(20)18-14-5-7-15(8-6-14)24(22,23)12-9-16(21)17-10-4-11-19(2)3/h5-8H,4,9-12H2,1-3H3,(H,17,21)(H,18,20). The Morgan fingerprint density at radius 3 is 2.29 bits per heavy atom. The molecule has 0 aliphatic heterocycles. The van der Waals surface area contributed by atoms with E-state index in [1.54, 1.807) is 0 Å². The SMILES string of the molecule is CC(=O)Nc1ccc(S(=O)(=O)CCC(=O)NCCCN(C)C)cc1. The van der Waals surface area contributed by atoms with Crippen LogP contribution in [0.25, 0.3) is 0 Å². The second-order valence-corrected chi connectivity index (χ2v) is 7.89. The van der Waals surface area contributed by atoms with Crippen LogP contribution in [0, 0.1) is 0 Å². The van der Waals surface area contributed by atoms with E-state index in [1.807, 2.05) is 19.0 Å². The maximum absolute atomic E-state index is 12.2. The molecule has 0 unspecified atom stereocenters. The van der Waals surface area contributed by atoms with Crippen molar-refractivity contribution in [3.8, 4) is 0 Å². The molecule has 0 heterocycles. The monoisotopic (exact) mass is 355 g/mol. The van der Waals surface area contributed by atoms with Crippen molar-refractivity contribution >= 4 is 27.3 Å². The van der Waals surface area contributed by atoms with Gasteiger partial charge in [0.2, 0.25) is 11.8 Å². The van der Waals surface area contributed by atoms with Crippen molar-refractivity contribution in [2.75, 3.05) is 38.3 Å². The van der Waals surface area contributed by atoms with E-state index in [-0.39, 0.29) is 28.9 Å². The van der Waals surface area contributed by atoms with Crippen LogP contribution in [-0.2, 0) is 19.4 Å². The zero-order chi connectivity index (χ0) is 18.2. The molecule has 0 fully saturated rings. The van der Waals surface area contributed by atoms with Crippen molar-refractivity contribution < 1.29 is 18.0 Å². The van der Waals surface area contributed by atoms with Gasteiger partial charge in [-0.3, -0.25) is 9.59 Å². The van der Waals surface area contributed by atoms with Gasteiger partial charge in [0.1, 0.15) is 0 Å². The topological polar surface area (TPSA) is 95.6 Å². The number of nitrogens with one attached hydrogen (secondary N) is 2. The van der Waals surface area contributed by atoms with Gasteiger partial charge in [0, 0.05) is 25.6 Å². The Morgan fingerprint density at radius 1 is 1.12 bits per heavy atom. The first kappa shape index (κ1) is 20.1. The molecule has 0 aliphatic carbocycles. The van der Waals surface area contributed by atoms with Crippen LogP contribution in [0.1, 0.15) is 19.8 Å². The molecular weight excluding hydrogens is 330 g/mol. The molecule has 2 amide bonds. The average molecular weight is 355 g/mol. The second-order valence-electron chi connectivity index (χ2n) is 5.78. The third kappa shape index (κ3) is 7.56. The predicted octanol–water partition coefficient (Wildman–Crippen LogP) is 0.877. The third-order valence-electron chi connectivity index (χ3n) is 3.24. The molecule has 1 aromatic carbocycles.